The van der Waals surface area contributed by atoms with Crippen molar-refractivity contribution in [3.8, 4) is 0 Å². The fraction of sp³-hybridized carbons (Fsp3) is 0.250. The van der Waals surface area contributed by atoms with Gasteiger partial charge in [-0.05, 0) is 30.2 Å². The number of aryl methyl sites for hydroxylation is 1. The predicted octanol–water partition coefficient (Wildman–Crippen LogP) is 2.01. The Hall–Kier alpha value is -0.600. The fourth-order valence-corrected chi connectivity index (χ4v) is 0.860. The number of halogens is 2. The lowest BCUT2D eigenvalue weighted by Crippen LogP contribution is -1.99. The van der Waals surface area contributed by atoms with Gasteiger partial charge in [0.05, 0.1) is 0 Å². The van der Waals surface area contributed by atoms with Crippen molar-refractivity contribution in [1.82, 2.24) is 0 Å². The van der Waals surface area contributed by atoms with E-state index >= 15 is 0 Å². The van der Waals surface area contributed by atoms with Crippen molar-refractivity contribution < 1.29 is 4.39 Å². The first-order chi connectivity index (χ1) is 4.74. The second-order valence-corrected chi connectivity index (χ2v) is 2.27. The number of rotatable bonds is 1. The molecule has 3 heteroatoms. The standard InChI is InChI=1S/C8H10FN.ClH/c1-6-2-3-8(9)4-7(6)5-10;/h2-4H,5,10H2,1H3;1H. The third-order valence-electron chi connectivity index (χ3n) is 1.53. The summed E-state index contributed by atoms with van der Waals surface area (Å²) in [5.41, 5.74) is 7.27. The zero-order valence-corrected chi connectivity index (χ0v) is 7.12. The lowest BCUT2D eigenvalue weighted by molar-refractivity contribution is 0.625. The van der Waals surface area contributed by atoms with Gasteiger partial charge >= 0.3 is 0 Å². The summed E-state index contributed by atoms with van der Waals surface area (Å²) in [7, 11) is 0. The molecule has 0 amide bonds. The minimum absolute atomic E-state index is 0. The maximum absolute atomic E-state index is 12.5. The average molecular weight is 176 g/mol. The van der Waals surface area contributed by atoms with Gasteiger partial charge in [0.2, 0.25) is 0 Å². The molecule has 1 aromatic rings. The van der Waals surface area contributed by atoms with Gasteiger partial charge in [0.15, 0.2) is 0 Å². The molecule has 0 atom stereocenters. The maximum Gasteiger partial charge on any atom is 0.123 e. The lowest BCUT2D eigenvalue weighted by Gasteiger charge is -2.00. The first-order valence-electron chi connectivity index (χ1n) is 3.19. The molecule has 62 valence electrons. The van der Waals surface area contributed by atoms with Crippen LogP contribution in [0.15, 0.2) is 18.2 Å². The zero-order chi connectivity index (χ0) is 7.56. The normalized spacial score (nSPS) is 9.00. The van der Waals surface area contributed by atoms with Crippen molar-refractivity contribution in [3.05, 3.63) is 35.1 Å². The topological polar surface area (TPSA) is 26.0 Å². The first kappa shape index (κ1) is 10.4. The maximum atomic E-state index is 12.5. The molecule has 0 aliphatic heterocycles. The minimum atomic E-state index is -0.217. The minimum Gasteiger partial charge on any atom is -0.326 e. The summed E-state index contributed by atoms with van der Waals surface area (Å²) in [6, 6.07) is 4.64. The van der Waals surface area contributed by atoms with E-state index in [-0.39, 0.29) is 18.2 Å². The Kier molecular flexibility index (Phi) is 4.08. The van der Waals surface area contributed by atoms with Crippen LogP contribution in [0.3, 0.4) is 0 Å². The van der Waals surface area contributed by atoms with Crippen LogP contribution in [0.4, 0.5) is 4.39 Å². The van der Waals surface area contributed by atoms with Gasteiger partial charge in [0.25, 0.3) is 0 Å². The van der Waals surface area contributed by atoms with Gasteiger partial charge in [0, 0.05) is 6.54 Å². The third kappa shape index (κ3) is 2.48. The van der Waals surface area contributed by atoms with Crippen LogP contribution in [-0.4, -0.2) is 0 Å². The van der Waals surface area contributed by atoms with E-state index in [2.05, 4.69) is 0 Å². The number of benzene rings is 1. The van der Waals surface area contributed by atoms with Gasteiger partial charge in [-0.15, -0.1) is 12.4 Å². The number of hydrogen-bond acceptors (Lipinski definition) is 1. The fourth-order valence-electron chi connectivity index (χ4n) is 0.860. The summed E-state index contributed by atoms with van der Waals surface area (Å²) in [6.07, 6.45) is 0. The van der Waals surface area contributed by atoms with Crippen LogP contribution >= 0.6 is 12.4 Å². The van der Waals surface area contributed by atoms with E-state index in [0.29, 0.717) is 6.54 Å². The largest absolute Gasteiger partial charge is 0.326 e. The Labute approximate surface area is 71.8 Å². The molecular weight excluding hydrogens is 165 g/mol. The van der Waals surface area contributed by atoms with Crippen molar-refractivity contribution in [2.75, 3.05) is 0 Å². The molecule has 0 fully saturated rings. The molecule has 0 spiro atoms. The number of hydrogen-bond donors (Lipinski definition) is 1. The van der Waals surface area contributed by atoms with E-state index in [1.807, 2.05) is 6.92 Å². The molecule has 0 unspecified atom stereocenters. The molecule has 11 heavy (non-hydrogen) atoms. The number of nitrogens with two attached hydrogens (primary N) is 1. The van der Waals surface area contributed by atoms with Gasteiger partial charge in [-0.25, -0.2) is 4.39 Å². The van der Waals surface area contributed by atoms with Crippen molar-refractivity contribution >= 4 is 12.4 Å². The summed E-state index contributed by atoms with van der Waals surface area (Å²) in [5, 5.41) is 0. The van der Waals surface area contributed by atoms with Crippen molar-refractivity contribution in [2.24, 2.45) is 5.73 Å². The second-order valence-electron chi connectivity index (χ2n) is 2.27. The molecule has 0 bridgehead atoms. The monoisotopic (exact) mass is 175 g/mol. The first-order valence-corrected chi connectivity index (χ1v) is 3.19. The van der Waals surface area contributed by atoms with Gasteiger partial charge in [-0.3, -0.25) is 0 Å². The molecule has 1 aromatic carbocycles. The Morgan fingerprint density at radius 3 is 2.55 bits per heavy atom. The molecule has 1 rings (SSSR count). The van der Waals surface area contributed by atoms with Gasteiger partial charge in [0.1, 0.15) is 5.82 Å². The molecule has 0 radical (unpaired) electrons. The van der Waals surface area contributed by atoms with Crippen molar-refractivity contribution in [1.29, 1.82) is 0 Å². The second kappa shape index (κ2) is 4.31. The van der Waals surface area contributed by atoms with E-state index in [0.717, 1.165) is 11.1 Å². The van der Waals surface area contributed by atoms with Gasteiger partial charge in [-0.2, -0.15) is 0 Å². The highest BCUT2D eigenvalue weighted by molar-refractivity contribution is 5.85. The quantitative estimate of drug-likeness (QED) is 0.695. The predicted molar refractivity (Wildman–Crippen MR) is 46.3 cm³/mol. The summed E-state index contributed by atoms with van der Waals surface area (Å²) >= 11 is 0. The van der Waals surface area contributed by atoms with Crippen molar-refractivity contribution in [3.63, 3.8) is 0 Å². The molecule has 2 N–H and O–H groups in total. The molecule has 0 heterocycles. The van der Waals surface area contributed by atoms with Crippen LogP contribution < -0.4 is 5.73 Å². The molecule has 0 saturated carbocycles. The van der Waals surface area contributed by atoms with E-state index in [1.54, 1.807) is 6.07 Å². The SMILES string of the molecule is Cc1ccc(F)cc1CN.Cl. The van der Waals surface area contributed by atoms with E-state index in [4.69, 9.17) is 5.73 Å². The Balaban J connectivity index is 0.000001000. The van der Waals surface area contributed by atoms with Crippen molar-refractivity contribution in [2.45, 2.75) is 13.5 Å². The summed E-state index contributed by atoms with van der Waals surface area (Å²) < 4.78 is 12.5. The summed E-state index contributed by atoms with van der Waals surface area (Å²) in [5.74, 6) is -0.217. The van der Waals surface area contributed by atoms with Crippen LogP contribution in [0.5, 0.6) is 0 Å². The molecule has 1 nitrogen and oxygen atoms in total. The van der Waals surface area contributed by atoms with E-state index in [9.17, 15) is 4.39 Å². The van der Waals surface area contributed by atoms with Crippen LogP contribution in [-0.2, 0) is 6.54 Å². The Bertz CT molecular complexity index is 238. The summed E-state index contributed by atoms with van der Waals surface area (Å²) in [6.45, 7) is 2.32. The van der Waals surface area contributed by atoms with E-state index < -0.39 is 0 Å². The molecule has 0 aliphatic carbocycles. The Morgan fingerprint density at radius 1 is 1.45 bits per heavy atom. The van der Waals surface area contributed by atoms with Crippen LogP contribution in [0, 0.1) is 12.7 Å². The van der Waals surface area contributed by atoms with E-state index in [1.165, 1.54) is 12.1 Å². The average Bonchev–Trinajstić information content (AvgIpc) is 1.94. The zero-order valence-electron chi connectivity index (χ0n) is 6.30. The molecule has 0 aliphatic rings. The molecular formula is C8H11ClFN. The highest BCUT2D eigenvalue weighted by Gasteiger charge is 1.95. The Morgan fingerprint density at radius 2 is 2.09 bits per heavy atom. The van der Waals surface area contributed by atoms with Crippen LogP contribution in [0.25, 0.3) is 0 Å². The van der Waals surface area contributed by atoms with Gasteiger partial charge in [-0.1, -0.05) is 6.07 Å². The third-order valence-corrected chi connectivity index (χ3v) is 1.53. The van der Waals surface area contributed by atoms with Crippen LogP contribution in [0.2, 0.25) is 0 Å². The lowest BCUT2D eigenvalue weighted by atomic mass is 10.1. The summed E-state index contributed by atoms with van der Waals surface area (Å²) in [4.78, 5) is 0. The highest BCUT2D eigenvalue weighted by atomic mass is 35.5. The molecule has 0 saturated heterocycles. The highest BCUT2D eigenvalue weighted by Crippen LogP contribution is 2.08. The van der Waals surface area contributed by atoms with Crippen LogP contribution in [0.1, 0.15) is 11.1 Å². The van der Waals surface area contributed by atoms with Gasteiger partial charge < -0.3 is 5.73 Å². The smallest absolute Gasteiger partial charge is 0.123 e. The molecule has 0 aromatic heterocycles.